The van der Waals surface area contributed by atoms with Gasteiger partial charge >= 0.3 is 0 Å². The quantitative estimate of drug-likeness (QED) is 0.109. The minimum Gasteiger partial charge on any atom is -0.285 e. The number of unbranched alkanes of at least 4 members (excludes halogenated alkanes) is 20. The predicted molar refractivity (Wildman–Crippen MR) is 137 cm³/mol. The molecule has 0 amide bonds. The average Bonchev–Trinajstić information content (AvgIpc) is 2.73. The fraction of sp³-hybridized carbons (Fsp3) is 1.00. The van der Waals surface area contributed by atoms with Crippen molar-refractivity contribution in [3.8, 4) is 0 Å². The minimum atomic E-state index is -3.88. The van der Waals surface area contributed by atoms with Crippen molar-refractivity contribution in [3.63, 3.8) is 0 Å². The third-order valence-corrected chi connectivity index (χ3v) is 7.99. The van der Waals surface area contributed by atoms with Crippen LogP contribution >= 0.6 is 0 Å². The fourth-order valence-corrected chi connectivity index (χ4v) is 5.44. The summed E-state index contributed by atoms with van der Waals surface area (Å²) >= 11 is 0. The molecular formula is C27H56O3S. The Morgan fingerprint density at radius 1 is 0.452 bits per heavy atom. The molecule has 0 aliphatic heterocycles. The molecule has 0 aromatic rings. The zero-order chi connectivity index (χ0) is 23.0. The van der Waals surface area contributed by atoms with Crippen LogP contribution in [-0.4, -0.2) is 18.2 Å². The summed E-state index contributed by atoms with van der Waals surface area (Å²) in [7, 11) is -3.88. The van der Waals surface area contributed by atoms with E-state index in [1.807, 2.05) is 0 Å². The highest BCUT2D eigenvalue weighted by molar-refractivity contribution is 7.86. The Morgan fingerprint density at radius 2 is 0.677 bits per heavy atom. The lowest BCUT2D eigenvalue weighted by Crippen LogP contribution is -2.20. The van der Waals surface area contributed by atoms with Crippen molar-refractivity contribution in [1.82, 2.24) is 0 Å². The molecule has 0 fully saturated rings. The Kier molecular flexibility index (Phi) is 23.0. The first kappa shape index (κ1) is 30.9. The molecule has 0 aliphatic carbocycles. The molecule has 1 unspecified atom stereocenters. The van der Waals surface area contributed by atoms with Crippen LogP contribution in [0.25, 0.3) is 0 Å². The molecule has 4 heteroatoms. The Balaban J connectivity index is 3.49. The lowest BCUT2D eigenvalue weighted by Gasteiger charge is -2.13. The van der Waals surface area contributed by atoms with E-state index in [4.69, 9.17) is 0 Å². The first-order chi connectivity index (χ1) is 15.0. The maximum atomic E-state index is 11.6. The van der Waals surface area contributed by atoms with Crippen LogP contribution < -0.4 is 0 Å². The number of rotatable bonds is 25. The molecule has 0 rings (SSSR count). The van der Waals surface area contributed by atoms with E-state index in [0.29, 0.717) is 12.8 Å². The Morgan fingerprint density at radius 3 is 0.903 bits per heavy atom. The van der Waals surface area contributed by atoms with E-state index in [0.717, 1.165) is 25.7 Å². The summed E-state index contributed by atoms with van der Waals surface area (Å²) in [5.41, 5.74) is 0. The fourth-order valence-electron chi connectivity index (χ4n) is 4.51. The summed E-state index contributed by atoms with van der Waals surface area (Å²) in [6.07, 6.45) is 29.4. The van der Waals surface area contributed by atoms with Crippen LogP contribution in [0.3, 0.4) is 0 Å². The van der Waals surface area contributed by atoms with Crippen molar-refractivity contribution in [2.45, 2.75) is 173 Å². The van der Waals surface area contributed by atoms with E-state index >= 15 is 0 Å². The molecule has 31 heavy (non-hydrogen) atoms. The normalized spacial score (nSPS) is 13.0. The molecule has 0 saturated heterocycles. The summed E-state index contributed by atoms with van der Waals surface area (Å²) < 4.78 is 32.8. The third-order valence-electron chi connectivity index (χ3n) is 6.68. The molecule has 0 bridgehead atoms. The second-order valence-electron chi connectivity index (χ2n) is 9.79. The van der Waals surface area contributed by atoms with Crippen LogP contribution in [0.1, 0.15) is 168 Å². The Bertz CT molecular complexity index is 447. The zero-order valence-electron chi connectivity index (χ0n) is 21.2. The van der Waals surface area contributed by atoms with Crippen LogP contribution in [0.5, 0.6) is 0 Å². The summed E-state index contributed by atoms with van der Waals surface area (Å²) in [5, 5.41) is -0.537. The van der Waals surface area contributed by atoms with E-state index in [-0.39, 0.29) is 0 Å². The van der Waals surface area contributed by atoms with Gasteiger partial charge in [0, 0.05) is 0 Å². The second-order valence-corrected chi connectivity index (χ2v) is 11.5. The van der Waals surface area contributed by atoms with E-state index in [2.05, 4.69) is 13.8 Å². The van der Waals surface area contributed by atoms with Crippen LogP contribution in [0.4, 0.5) is 0 Å². The van der Waals surface area contributed by atoms with Crippen molar-refractivity contribution in [1.29, 1.82) is 0 Å². The monoisotopic (exact) mass is 460 g/mol. The van der Waals surface area contributed by atoms with Gasteiger partial charge in [-0.2, -0.15) is 8.42 Å². The van der Waals surface area contributed by atoms with E-state index < -0.39 is 15.4 Å². The first-order valence-electron chi connectivity index (χ1n) is 14.0. The van der Waals surface area contributed by atoms with Gasteiger partial charge in [0.05, 0.1) is 5.25 Å². The van der Waals surface area contributed by atoms with Crippen LogP contribution in [0, 0.1) is 0 Å². The van der Waals surface area contributed by atoms with E-state index in [1.54, 1.807) is 0 Å². The molecule has 0 saturated carbocycles. The molecule has 1 N–H and O–H groups in total. The van der Waals surface area contributed by atoms with Crippen molar-refractivity contribution < 1.29 is 13.0 Å². The van der Waals surface area contributed by atoms with Gasteiger partial charge in [0.1, 0.15) is 0 Å². The standard InChI is InChI=1S/C27H56O3S/c1-3-5-7-9-11-12-13-14-15-16-17-18-19-20-22-24-26-27(31(28,29)30)25-23-21-10-8-6-4-2/h27H,3-26H2,1-2H3,(H,28,29,30). The minimum absolute atomic E-state index is 0.537. The molecule has 0 spiro atoms. The van der Waals surface area contributed by atoms with Gasteiger partial charge in [-0.3, -0.25) is 4.55 Å². The smallest absolute Gasteiger partial charge is 0.267 e. The van der Waals surface area contributed by atoms with Crippen molar-refractivity contribution >= 4 is 10.1 Å². The van der Waals surface area contributed by atoms with E-state index in [9.17, 15) is 13.0 Å². The lowest BCUT2D eigenvalue weighted by molar-refractivity contribution is 0.442. The number of hydrogen-bond donors (Lipinski definition) is 1. The highest BCUT2D eigenvalue weighted by Gasteiger charge is 2.21. The van der Waals surface area contributed by atoms with Gasteiger partial charge in [-0.05, 0) is 12.8 Å². The van der Waals surface area contributed by atoms with E-state index in [1.165, 1.54) is 116 Å². The summed E-state index contributed by atoms with van der Waals surface area (Å²) in [6.45, 7) is 4.48. The molecule has 0 aromatic carbocycles. The average molecular weight is 461 g/mol. The zero-order valence-corrected chi connectivity index (χ0v) is 22.0. The van der Waals surface area contributed by atoms with Crippen LogP contribution in [0.15, 0.2) is 0 Å². The van der Waals surface area contributed by atoms with Gasteiger partial charge in [-0.1, -0.05) is 155 Å². The summed E-state index contributed by atoms with van der Waals surface area (Å²) in [6, 6.07) is 0. The molecule has 0 aliphatic rings. The van der Waals surface area contributed by atoms with Crippen molar-refractivity contribution in [2.24, 2.45) is 0 Å². The van der Waals surface area contributed by atoms with Gasteiger partial charge in [0.15, 0.2) is 0 Å². The molecule has 188 valence electrons. The van der Waals surface area contributed by atoms with Gasteiger partial charge in [0.25, 0.3) is 10.1 Å². The lowest BCUT2D eigenvalue weighted by atomic mass is 10.0. The summed E-state index contributed by atoms with van der Waals surface area (Å²) in [4.78, 5) is 0. The number of hydrogen-bond acceptors (Lipinski definition) is 2. The van der Waals surface area contributed by atoms with Crippen LogP contribution in [0.2, 0.25) is 0 Å². The molecular weight excluding hydrogens is 404 g/mol. The van der Waals surface area contributed by atoms with Gasteiger partial charge in [0.2, 0.25) is 0 Å². The molecule has 1 atom stereocenters. The maximum absolute atomic E-state index is 11.6. The third kappa shape index (κ3) is 22.9. The van der Waals surface area contributed by atoms with Crippen LogP contribution in [-0.2, 0) is 10.1 Å². The predicted octanol–water partition coefficient (Wildman–Crippen LogP) is 9.65. The highest BCUT2D eigenvalue weighted by atomic mass is 32.2. The molecule has 3 nitrogen and oxygen atoms in total. The second kappa shape index (κ2) is 23.1. The van der Waals surface area contributed by atoms with Gasteiger partial charge < -0.3 is 0 Å². The maximum Gasteiger partial charge on any atom is 0.267 e. The molecule has 0 radical (unpaired) electrons. The van der Waals surface area contributed by atoms with Crippen molar-refractivity contribution in [3.05, 3.63) is 0 Å². The Labute approximate surface area is 196 Å². The molecule has 0 heterocycles. The van der Waals surface area contributed by atoms with Gasteiger partial charge in [-0.25, -0.2) is 0 Å². The first-order valence-corrected chi connectivity index (χ1v) is 15.5. The highest BCUT2D eigenvalue weighted by Crippen LogP contribution is 2.19. The Hall–Kier alpha value is -0.0900. The summed E-state index contributed by atoms with van der Waals surface area (Å²) in [5.74, 6) is 0. The van der Waals surface area contributed by atoms with Crippen molar-refractivity contribution in [2.75, 3.05) is 0 Å². The SMILES string of the molecule is CCCCCCCCCCCCCCCCCCC(CCCCCCCC)S(=O)(=O)O. The molecule has 0 aromatic heterocycles. The van der Waals surface area contributed by atoms with Gasteiger partial charge in [-0.15, -0.1) is 0 Å². The largest absolute Gasteiger partial charge is 0.285 e. The topological polar surface area (TPSA) is 54.4 Å².